The zero-order valence-electron chi connectivity index (χ0n) is 10.4. The molecule has 1 aromatic heterocycles. The summed E-state index contributed by atoms with van der Waals surface area (Å²) in [6.45, 7) is 4.58. The number of hydrogen-bond donors (Lipinski definition) is 1. The lowest BCUT2D eigenvalue weighted by Gasteiger charge is -2.24. The van der Waals surface area contributed by atoms with Crippen molar-refractivity contribution in [2.24, 2.45) is 5.92 Å². The Morgan fingerprint density at radius 3 is 2.75 bits per heavy atom. The zero-order valence-corrected chi connectivity index (χ0v) is 11.2. The molecule has 2 heteroatoms. The molecular weight excluding hydrogens is 214 g/mol. The second-order valence-corrected chi connectivity index (χ2v) is 5.87. The van der Waals surface area contributed by atoms with Crippen LogP contribution in [-0.4, -0.2) is 6.04 Å². The van der Waals surface area contributed by atoms with E-state index in [1.807, 2.05) is 11.3 Å². The van der Waals surface area contributed by atoms with Crippen LogP contribution in [0.3, 0.4) is 0 Å². The average Bonchev–Trinajstić information content (AvgIpc) is 2.99. The fourth-order valence-corrected chi connectivity index (χ4v) is 3.23. The van der Waals surface area contributed by atoms with Crippen LogP contribution in [0.15, 0.2) is 17.5 Å². The average molecular weight is 237 g/mol. The van der Waals surface area contributed by atoms with Gasteiger partial charge < -0.3 is 5.32 Å². The molecule has 1 aliphatic rings. The van der Waals surface area contributed by atoms with Gasteiger partial charge in [-0.2, -0.15) is 0 Å². The maximum Gasteiger partial charge on any atom is 0.0445 e. The summed E-state index contributed by atoms with van der Waals surface area (Å²) in [6.07, 6.45) is 6.68. The monoisotopic (exact) mass is 237 g/mol. The van der Waals surface area contributed by atoms with Crippen LogP contribution in [-0.2, 0) is 0 Å². The minimum atomic E-state index is 0.636. The molecule has 1 heterocycles. The topological polar surface area (TPSA) is 12.0 Å². The van der Waals surface area contributed by atoms with Gasteiger partial charge in [-0.25, -0.2) is 0 Å². The summed E-state index contributed by atoms with van der Waals surface area (Å²) in [5.74, 6) is 0.907. The second kappa shape index (κ2) is 5.83. The largest absolute Gasteiger partial charge is 0.306 e. The van der Waals surface area contributed by atoms with E-state index in [9.17, 15) is 0 Å². The molecule has 0 saturated heterocycles. The molecule has 16 heavy (non-hydrogen) atoms. The Bertz CT molecular complexity index is 290. The molecular formula is C14H23NS. The van der Waals surface area contributed by atoms with E-state index in [2.05, 4.69) is 36.7 Å². The molecule has 0 spiro atoms. The molecule has 2 rings (SSSR count). The molecule has 0 bridgehead atoms. The second-order valence-electron chi connectivity index (χ2n) is 4.89. The molecule has 0 aliphatic heterocycles. The van der Waals surface area contributed by atoms with Crippen LogP contribution in [0.2, 0.25) is 0 Å². The highest BCUT2D eigenvalue weighted by molar-refractivity contribution is 7.10. The third-order valence-electron chi connectivity index (χ3n) is 3.49. The maximum atomic E-state index is 3.88. The Morgan fingerprint density at radius 1 is 1.44 bits per heavy atom. The summed E-state index contributed by atoms with van der Waals surface area (Å²) in [4.78, 5) is 1.54. The van der Waals surface area contributed by atoms with Crippen molar-refractivity contribution in [2.45, 2.75) is 58.0 Å². The van der Waals surface area contributed by atoms with E-state index in [1.54, 1.807) is 0 Å². The van der Waals surface area contributed by atoms with Gasteiger partial charge >= 0.3 is 0 Å². The Morgan fingerprint density at radius 2 is 2.25 bits per heavy atom. The summed E-state index contributed by atoms with van der Waals surface area (Å²) in [6, 6.07) is 5.81. The van der Waals surface area contributed by atoms with Crippen LogP contribution in [0.5, 0.6) is 0 Å². The van der Waals surface area contributed by atoms with Crippen LogP contribution < -0.4 is 5.32 Å². The van der Waals surface area contributed by atoms with E-state index in [-0.39, 0.29) is 0 Å². The quantitative estimate of drug-likeness (QED) is 0.742. The Kier molecular flexibility index (Phi) is 4.42. The highest BCUT2D eigenvalue weighted by atomic mass is 32.1. The minimum absolute atomic E-state index is 0.636. The number of thiophene rings is 1. The minimum Gasteiger partial charge on any atom is -0.306 e. The Labute approximate surface area is 103 Å². The van der Waals surface area contributed by atoms with Gasteiger partial charge in [-0.1, -0.05) is 26.3 Å². The molecule has 1 aliphatic carbocycles. The normalized spacial score (nSPS) is 19.6. The molecule has 90 valence electrons. The lowest BCUT2D eigenvalue weighted by Crippen LogP contribution is -2.33. The molecule has 1 N–H and O–H groups in total. The van der Waals surface area contributed by atoms with Crippen molar-refractivity contribution in [1.82, 2.24) is 5.32 Å². The van der Waals surface area contributed by atoms with Gasteiger partial charge in [0, 0.05) is 17.0 Å². The fourth-order valence-electron chi connectivity index (χ4n) is 2.36. The summed E-state index contributed by atoms with van der Waals surface area (Å²) < 4.78 is 0. The standard InChI is InChI=1S/C14H23NS/c1-3-6-12(4-2)15-14(11-8-9-11)13-7-5-10-16-13/h5,7,10-12,14-15H,3-4,6,8-9H2,1-2H3. The number of rotatable bonds is 7. The third kappa shape index (κ3) is 3.08. The van der Waals surface area contributed by atoms with Gasteiger partial charge in [0.1, 0.15) is 0 Å². The van der Waals surface area contributed by atoms with E-state index < -0.39 is 0 Å². The fraction of sp³-hybridized carbons (Fsp3) is 0.714. The highest BCUT2D eigenvalue weighted by Gasteiger charge is 2.33. The highest BCUT2D eigenvalue weighted by Crippen LogP contribution is 2.42. The van der Waals surface area contributed by atoms with E-state index in [4.69, 9.17) is 0 Å². The SMILES string of the molecule is CCCC(CC)NC(c1cccs1)C1CC1. The summed E-state index contributed by atoms with van der Waals surface area (Å²) in [5.41, 5.74) is 0. The van der Waals surface area contributed by atoms with Gasteiger partial charge in [0.25, 0.3) is 0 Å². The molecule has 1 nitrogen and oxygen atoms in total. The van der Waals surface area contributed by atoms with Crippen LogP contribution in [0.25, 0.3) is 0 Å². The number of hydrogen-bond acceptors (Lipinski definition) is 2. The Hall–Kier alpha value is -0.340. The van der Waals surface area contributed by atoms with Crippen LogP contribution in [0.1, 0.15) is 56.9 Å². The predicted octanol–water partition coefficient (Wildman–Crippen LogP) is 4.37. The van der Waals surface area contributed by atoms with Gasteiger partial charge in [0.05, 0.1) is 0 Å². The van der Waals surface area contributed by atoms with Crippen molar-refractivity contribution in [3.63, 3.8) is 0 Å². The van der Waals surface area contributed by atoms with E-state index in [0.717, 1.165) is 5.92 Å². The lowest BCUT2D eigenvalue weighted by molar-refractivity contribution is 0.379. The third-order valence-corrected chi connectivity index (χ3v) is 4.44. The summed E-state index contributed by atoms with van der Waals surface area (Å²) in [5, 5.41) is 6.08. The Balaban J connectivity index is 1.97. The van der Waals surface area contributed by atoms with Crippen LogP contribution in [0.4, 0.5) is 0 Å². The molecule has 0 radical (unpaired) electrons. The van der Waals surface area contributed by atoms with E-state index in [0.29, 0.717) is 12.1 Å². The van der Waals surface area contributed by atoms with Crippen molar-refractivity contribution in [3.8, 4) is 0 Å². The van der Waals surface area contributed by atoms with Crippen molar-refractivity contribution in [1.29, 1.82) is 0 Å². The van der Waals surface area contributed by atoms with Crippen LogP contribution in [0, 0.1) is 5.92 Å². The molecule has 2 unspecified atom stereocenters. The van der Waals surface area contributed by atoms with Crippen molar-refractivity contribution < 1.29 is 0 Å². The molecule has 0 aromatic carbocycles. The van der Waals surface area contributed by atoms with Crippen molar-refractivity contribution in [3.05, 3.63) is 22.4 Å². The van der Waals surface area contributed by atoms with Crippen molar-refractivity contribution in [2.75, 3.05) is 0 Å². The molecule has 1 aromatic rings. The van der Waals surface area contributed by atoms with E-state index in [1.165, 1.54) is 37.0 Å². The molecule has 0 amide bonds. The van der Waals surface area contributed by atoms with Gasteiger partial charge in [-0.3, -0.25) is 0 Å². The maximum absolute atomic E-state index is 3.88. The van der Waals surface area contributed by atoms with Gasteiger partial charge in [0.2, 0.25) is 0 Å². The molecule has 1 fully saturated rings. The first-order valence-electron chi connectivity index (χ1n) is 6.64. The summed E-state index contributed by atoms with van der Waals surface area (Å²) in [7, 11) is 0. The molecule has 2 atom stereocenters. The van der Waals surface area contributed by atoms with Gasteiger partial charge in [0.15, 0.2) is 0 Å². The zero-order chi connectivity index (χ0) is 11.4. The van der Waals surface area contributed by atoms with Gasteiger partial charge in [-0.15, -0.1) is 11.3 Å². The predicted molar refractivity (Wildman–Crippen MR) is 71.9 cm³/mol. The first kappa shape index (κ1) is 12.1. The van der Waals surface area contributed by atoms with Gasteiger partial charge in [-0.05, 0) is 43.0 Å². The summed E-state index contributed by atoms with van der Waals surface area (Å²) >= 11 is 1.91. The van der Waals surface area contributed by atoms with Crippen molar-refractivity contribution >= 4 is 11.3 Å². The number of nitrogens with one attached hydrogen (secondary N) is 1. The lowest BCUT2D eigenvalue weighted by atomic mass is 10.0. The van der Waals surface area contributed by atoms with E-state index >= 15 is 0 Å². The molecule has 1 saturated carbocycles. The smallest absolute Gasteiger partial charge is 0.0445 e. The first-order chi connectivity index (χ1) is 7.85. The van der Waals surface area contributed by atoms with Crippen LogP contribution >= 0.6 is 11.3 Å². The first-order valence-corrected chi connectivity index (χ1v) is 7.52.